The standard InChI is InChI=1S/C26H31N3O3S/c1-19-9-10-23(25-14-20(2)27-32-25)15-26(19)33(30,31)29-12-5-6-21(17-29)16-28-13-11-22-7-3-4-8-24(22)18-28/h3-4,7-10,14-15,21H,5-6,11-13,16-18H2,1-2H3. The molecule has 1 aromatic heterocycles. The quantitative estimate of drug-likeness (QED) is 0.558. The predicted molar refractivity (Wildman–Crippen MR) is 128 cm³/mol. The number of rotatable bonds is 5. The van der Waals surface area contributed by atoms with Gasteiger partial charge in [-0.25, -0.2) is 8.42 Å². The minimum absolute atomic E-state index is 0.346. The van der Waals surface area contributed by atoms with Crippen molar-refractivity contribution in [2.45, 2.75) is 44.6 Å². The number of sulfonamides is 1. The fourth-order valence-electron chi connectivity index (χ4n) is 5.14. The molecule has 1 unspecified atom stereocenters. The highest BCUT2D eigenvalue weighted by Gasteiger charge is 2.32. The fraction of sp³-hybridized carbons (Fsp3) is 0.423. The van der Waals surface area contributed by atoms with E-state index in [1.54, 1.807) is 10.4 Å². The van der Waals surface area contributed by atoms with Crippen molar-refractivity contribution in [1.29, 1.82) is 0 Å². The Morgan fingerprint density at radius 1 is 1.06 bits per heavy atom. The molecule has 5 rings (SSSR count). The van der Waals surface area contributed by atoms with Gasteiger partial charge in [-0.15, -0.1) is 0 Å². The lowest BCUT2D eigenvalue weighted by Gasteiger charge is -2.37. The summed E-state index contributed by atoms with van der Waals surface area (Å²) in [6.45, 7) is 7.80. The Bertz CT molecular complexity index is 1250. The van der Waals surface area contributed by atoms with Crippen LogP contribution in [0.5, 0.6) is 0 Å². The number of piperidine rings is 1. The van der Waals surface area contributed by atoms with E-state index in [1.165, 1.54) is 11.1 Å². The third-order valence-corrected chi connectivity index (χ3v) is 8.93. The van der Waals surface area contributed by atoms with E-state index in [4.69, 9.17) is 4.52 Å². The van der Waals surface area contributed by atoms with Crippen LogP contribution >= 0.6 is 0 Å². The summed E-state index contributed by atoms with van der Waals surface area (Å²) in [5, 5.41) is 3.94. The minimum atomic E-state index is -3.59. The highest BCUT2D eigenvalue weighted by atomic mass is 32.2. The number of hydrogen-bond donors (Lipinski definition) is 0. The molecule has 0 N–H and O–H groups in total. The maximum atomic E-state index is 13.7. The molecule has 1 fully saturated rings. The largest absolute Gasteiger partial charge is 0.356 e. The lowest BCUT2D eigenvalue weighted by atomic mass is 9.95. The Balaban J connectivity index is 1.32. The van der Waals surface area contributed by atoms with Gasteiger partial charge in [0.1, 0.15) is 0 Å². The number of nitrogens with zero attached hydrogens (tertiary/aromatic N) is 3. The summed E-state index contributed by atoms with van der Waals surface area (Å²) in [7, 11) is -3.59. The lowest BCUT2D eigenvalue weighted by molar-refractivity contribution is 0.167. The van der Waals surface area contributed by atoms with Crippen molar-refractivity contribution in [1.82, 2.24) is 14.4 Å². The Hall–Kier alpha value is -2.48. The van der Waals surface area contributed by atoms with Crippen molar-refractivity contribution in [2.24, 2.45) is 5.92 Å². The number of aromatic nitrogens is 1. The number of aryl methyl sites for hydroxylation is 2. The van der Waals surface area contributed by atoms with Gasteiger partial charge in [0.05, 0.1) is 10.6 Å². The monoisotopic (exact) mass is 465 g/mol. The first-order chi connectivity index (χ1) is 15.9. The summed E-state index contributed by atoms with van der Waals surface area (Å²) in [5.74, 6) is 0.935. The Kier molecular flexibility index (Phi) is 6.12. The number of hydrogen-bond acceptors (Lipinski definition) is 5. The molecule has 7 heteroatoms. The third-order valence-electron chi connectivity index (χ3n) is 6.93. The van der Waals surface area contributed by atoms with Crippen LogP contribution in [0.4, 0.5) is 0 Å². The van der Waals surface area contributed by atoms with Crippen LogP contribution in [0.15, 0.2) is 57.9 Å². The molecule has 0 bridgehead atoms. The SMILES string of the molecule is Cc1cc(-c2ccc(C)c(S(=O)(=O)N3CCCC(CN4CCc5ccccc5C4)C3)c2)on1. The molecule has 0 spiro atoms. The molecule has 33 heavy (non-hydrogen) atoms. The molecule has 174 valence electrons. The topological polar surface area (TPSA) is 66.7 Å². The normalized spacial score (nSPS) is 20.0. The van der Waals surface area contributed by atoms with Crippen LogP contribution in [0.2, 0.25) is 0 Å². The molecular formula is C26H31N3O3S. The van der Waals surface area contributed by atoms with E-state index in [9.17, 15) is 8.42 Å². The molecule has 2 aliphatic rings. The van der Waals surface area contributed by atoms with Crippen molar-refractivity contribution in [3.63, 3.8) is 0 Å². The molecule has 0 saturated carbocycles. The van der Waals surface area contributed by atoms with E-state index < -0.39 is 10.0 Å². The second kappa shape index (κ2) is 9.05. The van der Waals surface area contributed by atoms with Gasteiger partial charge in [0, 0.05) is 44.4 Å². The summed E-state index contributed by atoms with van der Waals surface area (Å²) >= 11 is 0. The fourth-order valence-corrected chi connectivity index (χ4v) is 6.94. The van der Waals surface area contributed by atoms with Crippen LogP contribution in [0.3, 0.4) is 0 Å². The van der Waals surface area contributed by atoms with E-state index in [1.807, 2.05) is 32.0 Å². The van der Waals surface area contributed by atoms with Crippen LogP contribution in [0.1, 0.15) is 35.2 Å². The first kappa shape index (κ1) is 22.3. The molecule has 3 heterocycles. The molecule has 0 amide bonds. The van der Waals surface area contributed by atoms with Gasteiger partial charge in [-0.3, -0.25) is 4.90 Å². The van der Waals surface area contributed by atoms with Gasteiger partial charge in [-0.05, 0) is 61.8 Å². The first-order valence-electron chi connectivity index (χ1n) is 11.7. The van der Waals surface area contributed by atoms with Gasteiger partial charge >= 0.3 is 0 Å². The summed E-state index contributed by atoms with van der Waals surface area (Å²) in [6.07, 6.45) is 3.03. The van der Waals surface area contributed by atoms with Gasteiger partial charge in [-0.2, -0.15) is 4.31 Å². The zero-order valence-corrected chi connectivity index (χ0v) is 20.1. The Labute approximate surface area is 196 Å². The summed E-state index contributed by atoms with van der Waals surface area (Å²) < 4.78 is 34.4. The van der Waals surface area contributed by atoms with Crippen LogP contribution in [0.25, 0.3) is 11.3 Å². The molecular weight excluding hydrogens is 434 g/mol. The van der Waals surface area contributed by atoms with Crippen molar-refractivity contribution in [2.75, 3.05) is 26.2 Å². The smallest absolute Gasteiger partial charge is 0.243 e. The molecule has 1 atom stereocenters. The molecule has 2 aromatic carbocycles. The van der Waals surface area contributed by atoms with Crippen LogP contribution < -0.4 is 0 Å². The van der Waals surface area contributed by atoms with Crippen LogP contribution in [-0.4, -0.2) is 49.0 Å². The van der Waals surface area contributed by atoms with Gasteiger partial charge < -0.3 is 4.52 Å². The van der Waals surface area contributed by atoms with Crippen molar-refractivity contribution in [3.05, 3.63) is 70.9 Å². The van der Waals surface area contributed by atoms with Crippen molar-refractivity contribution < 1.29 is 12.9 Å². The number of fused-ring (bicyclic) bond motifs is 1. The van der Waals surface area contributed by atoms with Gasteiger partial charge in [-0.1, -0.05) is 41.6 Å². The molecule has 6 nitrogen and oxygen atoms in total. The summed E-state index contributed by atoms with van der Waals surface area (Å²) in [6, 6.07) is 16.0. The van der Waals surface area contributed by atoms with Gasteiger partial charge in [0.2, 0.25) is 10.0 Å². The maximum absolute atomic E-state index is 13.7. The average molecular weight is 466 g/mol. The highest BCUT2D eigenvalue weighted by Crippen LogP contribution is 2.31. The van der Waals surface area contributed by atoms with Crippen molar-refractivity contribution >= 4 is 10.0 Å². The van der Waals surface area contributed by atoms with Gasteiger partial charge in [0.25, 0.3) is 0 Å². The predicted octanol–water partition coefficient (Wildman–Crippen LogP) is 4.42. The van der Waals surface area contributed by atoms with E-state index in [0.29, 0.717) is 29.7 Å². The van der Waals surface area contributed by atoms with E-state index in [-0.39, 0.29) is 0 Å². The second-order valence-corrected chi connectivity index (χ2v) is 11.3. The molecule has 1 saturated heterocycles. The van der Waals surface area contributed by atoms with E-state index >= 15 is 0 Å². The zero-order valence-electron chi connectivity index (χ0n) is 19.3. The lowest BCUT2D eigenvalue weighted by Crippen LogP contribution is -2.44. The van der Waals surface area contributed by atoms with E-state index in [2.05, 4.69) is 34.3 Å². The molecule has 0 aliphatic carbocycles. The minimum Gasteiger partial charge on any atom is -0.356 e. The highest BCUT2D eigenvalue weighted by molar-refractivity contribution is 7.89. The summed E-state index contributed by atoms with van der Waals surface area (Å²) in [5.41, 5.74) is 5.11. The molecule has 2 aliphatic heterocycles. The average Bonchev–Trinajstić information content (AvgIpc) is 3.25. The Morgan fingerprint density at radius 2 is 1.88 bits per heavy atom. The summed E-state index contributed by atoms with van der Waals surface area (Å²) in [4.78, 5) is 2.85. The van der Waals surface area contributed by atoms with Gasteiger partial charge in [0.15, 0.2) is 5.76 Å². The number of benzene rings is 2. The molecule has 0 radical (unpaired) electrons. The van der Waals surface area contributed by atoms with Crippen LogP contribution in [0, 0.1) is 19.8 Å². The Morgan fingerprint density at radius 3 is 2.67 bits per heavy atom. The molecule has 3 aromatic rings. The van der Waals surface area contributed by atoms with Crippen molar-refractivity contribution in [3.8, 4) is 11.3 Å². The zero-order chi connectivity index (χ0) is 23.0. The third kappa shape index (κ3) is 4.63. The second-order valence-electron chi connectivity index (χ2n) is 9.44. The van der Waals surface area contributed by atoms with E-state index in [0.717, 1.165) is 55.7 Å². The maximum Gasteiger partial charge on any atom is 0.243 e. The van der Waals surface area contributed by atoms with Crippen LogP contribution in [-0.2, 0) is 23.0 Å². The first-order valence-corrected chi connectivity index (χ1v) is 13.2.